The van der Waals surface area contributed by atoms with Crippen molar-refractivity contribution in [1.29, 1.82) is 0 Å². The van der Waals surface area contributed by atoms with Crippen molar-refractivity contribution in [2.45, 2.75) is 0 Å². The molecule has 0 atom stereocenters. The van der Waals surface area contributed by atoms with E-state index in [9.17, 15) is 0 Å². The molecule has 0 heterocycles. The fourth-order valence-corrected chi connectivity index (χ4v) is 0. The monoisotopic (exact) mass is 230 g/mol. The van der Waals surface area contributed by atoms with Gasteiger partial charge in [0.15, 0.2) is 0 Å². The number of rotatable bonds is 0. The van der Waals surface area contributed by atoms with Crippen LogP contribution in [-0.2, 0) is 55.2 Å². The average Bonchev–Trinajstić information content (AvgIpc) is 0. The first-order chi connectivity index (χ1) is 0. The van der Waals surface area contributed by atoms with Crippen molar-refractivity contribution >= 4 is 8.41 Å². The fraction of sp³-hybridized carbons (Fsp3) is 0. The quantitative estimate of drug-likeness (QED) is 0.457. The van der Waals surface area contributed by atoms with Crippen LogP contribution in [0.4, 0.5) is 0 Å². The molecule has 0 unspecified atom stereocenters. The van der Waals surface area contributed by atoms with Crippen LogP contribution in [0.1, 0.15) is 0 Å². The van der Waals surface area contributed by atoms with Crippen LogP contribution in [0.25, 0.3) is 0 Å². The zero-order chi connectivity index (χ0) is 0. The van der Waals surface area contributed by atoms with Crippen molar-refractivity contribution in [2.75, 3.05) is 0 Å². The summed E-state index contributed by atoms with van der Waals surface area (Å²) >= 11 is 0. The molecular formula is H3BCuMnMo. The molecule has 0 bridgehead atoms. The summed E-state index contributed by atoms with van der Waals surface area (Å²) < 4.78 is 0. The Morgan fingerprint density at radius 3 is 1.00 bits per heavy atom. The molecule has 0 aromatic carbocycles. The van der Waals surface area contributed by atoms with Gasteiger partial charge >= 0.3 is 0 Å². The predicted octanol–water partition coefficient (Wildman–Crippen LogP) is -1.19. The average molecular weight is 228 g/mol. The predicted molar refractivity (Wildman–Crippen MR) is 9.94 cm³/mol. The summed E-state index contributed by atoms with van der Waals surface area (Å²) in [5.41, 5.74) is 0. The summed E-state index contributed by atoms with van der Waals surface area (Å²) in [6.45, 7) is 0. The Kier molecular flexibility index (Phi) is 222. The third-order valence-corrected chi connectivity index (χ3v) is 0. The summed E-state index contributed by atoms with van der Waals surface area (Å²) in [5, 5.41) is 0. The maximum Gasteiger partial charge on any atom is 0.0814 e. The van der Waals surface area contributed by atoms with Gasteiger partial charge in [-0.1, -0.05) is 0 Å². The zero-order valence-corrected chi connectivity index (χ0v) is 5.22. The van der Waals surface area contributed by atoms with E-state index in [0.29, 0.717) is 0 Å². The Morgan fingerprint density at radius 1 is 1.00 bits per heavy atom. The minimum Gasteiger partial charge on any atom is 0 e. The van der Waals surface area contributed by atoms with Gasteiger partial charge in [-0.2, -0.15) is 0 Å². The van der Waals surface area contributed by atoms with Gasteiger partial charge in [-0.15, -0.1) is 0 Å². The summed E-state index contributed by atoms with van der Waals surface area (Å²) in [6.07, 6.45) is 0. The first-order valence-electron chi connectivity index (χ1n) is 0. The maximum atomic E-state index is 0. The van der Waals surface area contributed by atoms with E-state index < -0.39 is 0 Å². The second kappa shape index (κ2) is 21.5. The first-order valence-corrected chi connectivity index (χ1v) is 0. The molecule has 0 nitrogen and oxygen atoms in total. The van der Waals surface area contributed by atoms with Gasteiger partial charge in [-0.3, -0.25) is 0 Å². The van der Waals surface area contributed by atoms with Gasteiger partial charge in [-0.25, -0.2) is 0 Å². The molecule has 0 saturated carbocycles. The fourth-order valence-electron chi connectivity index (χ4n) is 0. The smallest absolute Gasteiger partial charge is 0 e. The van der Waals surface area contributed by atoms with E-state index in [4.69, 9.17) is 0 Å². The molecular weight excluding hydrogens is 225 g/mol. The largest absolute Gasteiger partial charge is 0.0814 e. The molecule has 0 aliphatic heterocycles. The van der Waals surface area contributed by atoms with Gasteiger partial charge in [0.05, 0.1) is 8.41 Å². The van der Waals surface area contributed by atoms with Crippen molar-refractivity contribution in [3.63, 3.8) is 0 Å². The standard InChI is InChI=1S/BH3.Cu.Mn.Mo/h1H3;;;. The van der Waals surface area contributed by atoms with E-state index in [1.54, 1.807) is 0 Å². The van der Waals surface area contributed by atoms with E-state index in [1.807, 2.05) is 0 Å². The van der Waals surface area contributed by atoms with E-state index >= 15 is 0 Å². The van der Waals surface area contributed by atoms with Gasteiger partial charge in [0, 0.05) is 55.2 Å². The van der Waals surface area contributed by atoms with Crippen LogP contribution in [0, 0.1) is 0 Å². The van der Waals surface area contributed by atoms with E-state index in [0.717, 1.165) is 0 Å². The van der Waals surface area contributed by atoms with Crippen molar-refractivity contribution in [1.82, 2.24) is 0 Å². The van der Waals surface area contributed by atoms with Crippen LogP contribution in [0.2, 0.25) is 0 Å². The number of hydrogen-bond acceptors (Lipinski definition) is 0. The molecule has 0 fully saturated rings. The van der Waals surface area contributed by atoms with Gasteiger partial charge in [0.2, 0.25) is 0 Å². The molecule has 0 amide bonds. The molecule has 4 heavy (non-hydrogen) atoms. The molecule has 4 heteroatoms. The SMILES string of the molecule is B.[Cu].[Mn].[Mo]. The maximum absolute atomic E-state index is 0. The van der Waals surface area contributed by atoms with Crippen molar-refractivity contribution in [3.8, 4) is 0 Å². The zero-order valence-electron chi connectivity index (χ0n) is 1.09. The van der Waals surface area contributed by atoms with Gasteiger partial charge in [0.25, 0.3) is 0 Å². The Bertz CT molecular complexity index is 8.00. The third kappa shape index (κ3) is 9.20. The van der Waals surface area contributed by atoms with Crippen LogP contribution in [0.5, 0.6) is 0 Å². The molecule has 0 aliphatic carbocycles. The molecule has 0 spiro atoms. The van der Waals surface area contributed by atoms with Crippen molar-refractivity contribution in [3.05, 3.63) is 0 Å². The molecule has 0 rings (SSSR count). The molecule has 0 aromatic rings. The molecule has 0 aromatic heterocycles. The van der Waals surface area contributed by atoms with Gasteiger partial charge < -0.3 is 0 Å². The summed E-state index contributed by atoms with van der Waals surface area (Å²) in [5.74, 6) is 0. The van der Waals surface area contributed by atoms with Crippen molar-refractivity contribution < 1.29 is 55.2 Å². The summed E-state index contributed by atoms with van der Waals surface area (Å²) in [7, 11) is 0. The Hall–Kier alpha value is 1.79. The minimum absolute atomic E-state index is 0. The van der Waals surface area contributed by atoms with Crippen molar-refractivity contribution in [2.24, 2.45) is 0 Å². The van der Waals surface area contributed by atoms with Gasteiger partial charge in [-0.05, 0) is 0 Å². The topological polar surface area (TPSA) is 0 Å². The molecule has 30 valence electrons. The summed E-state index contributed by atoms with van der Waals surface area (Å²) in [6, 6.07) is 0. The van der Waals surface area contributed by atoms with Crippen LogP contribution < -0.4 is 0 Å². The normalized spacial score (nSPS) is 0. The molecule has 0 N–H and O–H groups in total. The van der Waals surface area contributed by atoms with E-state index in [-0.39, 0.29) is 63.6 Å². The summed E-state index contributed by atoms with van der Waals surface area (Å²) in [4.78, 5) is 0. The third-order valence-electron chi connectivity index (χ3n) is 0. The minimum atomic E-state index is 0. The van der Waals surface area contributed by atoms with E-state index in [1.165, 1.54) is 0 Å². The Labute approximate surface area is 63.3 Å². The second-order valence-electron chi connectivity index (χ2n) is 0. The van der Waals surface area contributed by atoms with Crippen LogP contribution in [0.15, 0.2) is 0 Å². The van der Waals surface area contributed by atoms with Crippen LogP contribution in [-0.4, -0.2) is 8.41 Å². The Morgan fingerprint density at radius 2 is 1.00 bits per heavy atom. The number of hydrogen-bond donors (Lipinski definition) is 0. The van der Waals surface area contributed by atoms with Crippen LogP contribution >= 0.6 is 0 Å². The first kappa shape index (κ1) is 41.4. The van der Waals surface area contributed by atoms with Crippen LogP contribution in [0.3, 0.4) is 0 Å². The molecule has 0 aliphatic rings. The Balaban J connectivity index is 0. The molecule has 2 radical (unpaired) electrons. The van der Waals surface area contributed by atoms with E-state index in [2.05, 4.69) is 0 Å². The van der Waals surface area contributed by atoms with Gasteiger partial charge in [0.1, 0.15) is 0 Å². The molecule has 0 saturated heterocycles. The second-order valence-corrected chi connectivity index (χ2v) is 0.